The molecule has 0 spiro atoms. The predicted octanol–water partition coefficient (Wildman–Crippen LogP) is 8.20. The molecule has 0 aromatic heterocycles. The van der Waals surface area contributed by atoms with E-state index in [1.165, 1.54) is 13.2 Å². The average Bonchev–Trinajstić information content (AvgIpc) is 3.21. The molecule has 1 aliphatic heterocycles. The number of nitrogens with zero attached hydrogens (tertiary/aromatic N) is 3. The second-order valence-corrected chi connectivity index (χ2v) is 10.6. The molecular weight excluding hydrogens is 558 g/mol. The summed E-state index contributed by atoms with van der Waals surface area (Å²) in [4.78, 5) is 5.43. The van der Waals surface area contributed by atoms with Crippen LogP contribution in [0.3, 0.4) is 0 Å². The highest BCUT2D eigenvalue weighted by Crippen LogP contribution is 2.40. The van der Waals surface area contributed by atoms with E-state index in [9.17, 15) is 31.6 Å². The zero-order valence-corrected chi connectivity index (χ0v) is 23.7. The van der Waals surface area contributed by atoms with Gasteiger partial charge >= 0.3 is 12.4 Å². The number of ether oxygens (including phenoxy) is 1. The maximum atomic E-state index is 13.9. The molecule has 1 aliphatic rings. The molecule has 4 rings (SSSR count). The number of nitrogens with one attached hydrogen (secondary N) is 1. The van der Waals surface area contributed by atoms with Crippen LogP contribution in [0.4, 0.5) is 26.3 Å². The van der Waals surface area contributed by atoms with E-state index in [1.807, 2.05) is 26.0 Å². The fourth-order valence-electron chi connectivity index (χ4n) is 5.24. The summed E-state index contributed by atoms with van der Waals surface area (Å²) >= 11 is 0. The number of benzene rings is 3. The van der Waals surface area contributed by atoms with Crippen molar-refractivity contribution < 1.29 is 31.1 Å². The Morgan fingerprint density at radius 3 is 2.24 bits per heavy atom. The third-order valence-corrected chi connectivity index (χ3v) is 7.43. The van der Waals surface area contributed by atoms with Crippen LogP contribution in [-0.2, 0) is 18.9 Å². The van der Waals surface area contributed by atoms with Crippen LogP contribution in [-0.4, -0.2) is 24.0 Å². The molecule has 2 atom stereocenters. The number of nitriles is 1. The Kier molecular flexibility index (Phi) is 8.48. The van der Waals surface area contributed by atoms with Crippen molar-refractivity contribution in [3.63, 3.8) is 0 Å². The van der Waals surface area contributed by atoms with E-state index in [0.29, 0.717) is 28.0 Å². The van der Waals surface area contributed by atoms with E-state index in [2.05, 4.69) is 10.3 Å². The van der Waals surface area contributed by atoms with E-state index in [0.717, 1.165) is 29.8 Å². The van der Waals surface area contributed by atoms with Crippen molar-refractivity contribution in [2.75, 3.05) is 7.11 Å². The Labute approximate surface area is 240 Å². The summed E-state index contributed by atoms with van der Waals surface area (Å²) in [7, 11) is 1.48. The van der Waals surface area contributed by atoms with Crippen molar-refractivity contribution in [2.45, 2.75) is 64.6 Å². The Morgan fingerprint density at radius 2 is 1.64 bits per heavy atom. The lowest BCUT2D eigenvalue weighted by atomic mass is 9.92. The molecule has 0 saturated carbocycles. The number of halogens is 6. The van der Waals surface area contributed by atoms with Gasteiger partial charge in [-0.3, -0.25) is 0 Å². The van der Waals surface area contributed by atoms with E-state index < -0.39 is 35.6 Å². The molecule has 3 aromatic carbocycles. The second kappa shape index (κ2) is 11.6. The molecule has 42 heavy (non-hydrogen) atoms. The summed E-state index contributed by atoms with van der Waals surface area (Å²) in [6, 6.07) is 11.4. The topological polar surface area (TPSA) is 60.6 Å². The molecule has 0 amide bonds. The van der Waals surface area contributed by atoms with Gasteiger partial charge in [-0.2, -0.15) is 31.6 Å². The van der Waals surface area contributed by atoms with Gasteiger partial charge in [-0.25, -0.2) is 0 Å². The first-order valence-corrected chi connectivity index (χ1v) is 13.2. The van der Waals surface area contributed by atoms with Gasteiger partial charge in [0, 0.05) is 12.1 Å². The molecule has 0 bridgehead atoms. The third-order valence-electron chi connectivity index (χ3n) is 7.43. The Balaban J connectivity index is 1.84. The first kappa shape index (κ1) is 30.8. The SMILES string of the molecule is COc1ccc(C(C)C)cc1-c1ccc(C(F)(F)F)cc1CN1C(=NC#N)N[C@H](c2cc(C)cc(C(F)(F)F)c2)[C@@H]1C. The van der Waals surface area contributed by atoms with Gasteiger partial charge in [0.25, 0.3) is 0 Å². The monoisotopic (exact) mass is 588 g/mol. The fourth-order valence-corrected chi connectivity index (χ4v) is 5.24. The summed E-state index contributed by atoms with van der Waals surface area (Å²) in [5.74, 6) is 0.661. The number of aliphatic imine (C=N–C) groups is 1. The first-order chi connectivity index (χ1) is 19.6. The standard InChI is InChI=1S/C31H30F6N4O/c1-17(2)20-6-9-27(42-5)26(14-20)25-8-7-23(30(32,33)34)13-22(25)15-41-19(4)28(40-29(41)39-16-38)21-10-18(3)11-24(12-21)31(35,36)37/h6-14,17,19,28H,15H2,1-5H3,(H,39,40)/t19-,28-/m0/s1. The van der Waals surface area contributed by atoms with Crippen LogP contribution in [0.2, 0.25) is 0 Å². The van der Waals surface area contributed by atoms with Gasteiger partial charge in [0.2, 0.25) is 12.2 Å². The zero-order chi connectivity index (χ0) is 31.0. The lowest BCUT2D eigenvalue weighted by Gasteiger charge is -2.27. The van der Waals surface area contributed by atoms with Gasteiger partial charge in [0.1, 0.15) is 5.75 Å². The maximum absolute atomic E-state index is 13.9. The lowest BCUT2D eigenvalue weighted by molar-refractivity contribution is -0.138. The van der Waals surface area contributed by atoms with Crippen LogP contribution in [0.5, 0.6) is 5.75 Å². The van der Waals surface area contributed by atoms with Gasteiger partial charge in [-0.15, -0.1) is 4.99 Å². The lowest BCUT2D eigenvalue weighted by Crippen LogP contribution is -2.33. The molecule has 0 unspecified atom stereocenters. The maximum Gasteiger partial charge on any atom is 0.416 e. The normalized spacial score (nSPS) is 18.4. The van der Waals surface area contributed by atoms with E-state index >= 15 is 0 Å². The molecule has 1 N–H and O–H groups in total. The van der Waals surface area contributed by atoms with Gasteiger partial charge in [0.15, 0.2) is 0 Å². The number of aryl methyl sites for hydroxylation is 1. The quantitative estimate of drug-likeness (QED) is 0.233. The molecule has 1 heterocycles. The number of alkyl halides is 6. The van der Waals surface area contributed by atoms with Crippen molar-refractivity contribution >= 4 is 5.96 Å². The van der Waals surface area contributed by atoms with Crippen LogP contribution in [0, 0.1) is 18.4 Å². The van der Waals surface area contributed by atoms with Crippen LogP contribution in [0.1, 0.15) is 66.1 Å². The molecule has 3 aromatic rings. The van der Waals surface area contributed by atoms with Crippen molar-refractivity contribution in [3.8, 4) is 23.1 Å². The summed E-state index contributed by atoms with van der Waals surface area (Å²) in [5.41, 5.74) is 1.36. The smallest absolute Gasteiger partial charge is 0.416 e. The Bertz CT molecular complexity index is 1540. The van der Waals surface area contributed by atoms with E-state index in [4.69, 9.17) is 4.74 Å². The Hall–Kier alpha value is -4.20. The highest BCUT2D eigenvalue weighted by molar-refractivity contribution is 5.85. The van der Waals surface area contributed by atoms with Gasteiger partial charge in [-0.05, 0) is 78.4 Å². The summed E-state index contributed by atoms with van der Waals surface area (Å²) in [6.45, 7) is 7.15. The predicted molar refractivity (Wildman–Crippen MR) is 148 cm³/mol. The third kappa shape index (κ3) is 6.32. The van der Waals surface area contributed by atoms with Crippen molar-refractivity contribution in [1.82, 2.24) is 10.2 Å². The van der Waals surface area contributed by atoms with Crippen molar-refractivity contribution in [2.24, 2.45) is 4.99 Å². The van der Waals surface area contributed by atoms with Crippen LogP contribution in [0.15, 0.2) is 59.6 Å². The Morgan fingerprint density at radius 1 is 0.952 bits per heavy atom. The summed E-state index contributed by atoms with van der Waals surface area (Å²) in [5, 5.41) is 12.4. The van der Waals surface area contributed by atoms with Crippen molar-refractivity contribution in [1.29, 1.82) is 5.26 Å². The summed E-state index contributed by atoms with van der Waals surface area (Å²) < 4.78 is 87.8. The van der Waals surface area contributed by atoms with Gasteiger partial charge in [-0.1, -0.05) is 37.6 Å². The van der Waals surface area contributed by atoms with Crippen LogP contribution < -0.4 is 10.1 Å². The molecule has 0 aliphatic carbocycles. The number of rotatable bonds is 6. The average molecular weight is 589 g/mol. The molecule has 0 radical (unpaired) electrons. The van der Waals surface area contributed by atoms with Crippen LogP contribution in [0.25, 0.3) is 11.1 Å². The molecule has 1 fully saturated rings. The largest absolute Gasteiger partial charge is 0.496 e. The number of hydrogen-bond acceptors (Lipinski definition) is 3. The highest BCUT2D eigenvalue weighted by atomic mass is 19.4. The summed E-state index contributed by atoms with van der Waals surface area (Å²) in [6.07, 6.45) is -7.50. The zero-order valence-electron chi connectivity index (χ0n) is 23.7. The number of methoxy groups -OCH3 is 1. The van der Waals surface area contributed by atoms with Crippen LogP contribution >= 0.6 is 0 Å². The molecule has 5 nitrogen and oxygen atoms in total. The number of hydrogen-bond donors (Lipinski definition) is 1. The fraction of sp³-hybridized carbons (Fsp3) is 0.355. The molecule has 11 heteroatoms. The van der Waals surface area contributed by atoms with Gasteiger partial charge in [0.05, 0.1) is 30.3 Å². The first-order valence-electron chi connectivity index (χ1n) is 13.2. The van der Waals surface area contributed by atoms with E-state index in [1.54, 1.807) is 37.1 Å². The molecule has 222 valence electrons. The molecular formula is C31H30F6N4O. The minimum atomic E-state index is -4.62. The second-order valence-electron chi connectivity index (χ2n) is 10.6. The minimum Gasteiger partial charge on any atom is -0.496 e. The minimum absolute atomic E-state index is 0.0522. The van der Waals surface area contributed by atoms with Crippen molar-refractivity contribution in [3.05, 3.63) is 88.0 Å². The van der Waals surface area contributed by atoms with E-state index in [-0.39, 0.29) is 24.0 Å². The highest BCUT2D eigenvalue weighted by Gasteiger charge is 2.39. The number of guanidine groups is 1. The molecule has 1 saturated heterocycles. The van der Waals surface area contributed by atoms with Gasteiger partial charge < -0.3 is 15.0 Å².